The summed E-state index contributed by atoms with van der Waals surface area (Å²) in [5, 5.41) is 0. The maximum Gasteiger partial charge on any atom is 0.247 e. The Kier molecular flexibility index (Phi) is 4.39. The Morgan fingerprint density at radius 1 is 1.00 bits per heavy atom. The molecule has 0 aliphatic rings. The first-order chi connectivity index (χ1) is 11.6. The van der Waals surface area contributed by atoms with Gasteiger partial charge in [0, 0.05) is 17.8 Å². The number of ether oxygens (including phenoxy) is 1. The van der Waals surface area contributed by atoms with Crippen molar-refractivity contribution in [3.63, 3.8) is 0 Å². The van der Waals surface area contributed by atoms with Gasteiger partial charge in [-0.25, -0.2) is 8.78 Å². The SMILES string of the molecule is NC(c1ccc(=O)[nH]c1)c1ccc(F)c(Oc2ccccc2)c1F. The van der Waals surface area contributed by atoms with Crippen LogP contribution in [0.1, 0.15) is 17.2 Å². The van der Waals surface area contributed by atoms with Crippen LogP contribution in [-0.4, -0.2) is 4.98 Å². The number of nitrogens with one attached hydrogen (secondary N) is 1. The fourth-order valence-electron chi connectivity index (χ4n) is 2.28. The summed E-state index contributed by atoms with van der Waals surface area (Å²) in [5.41, 5.74) is 6.30. The Morgan fingerprint density at radius 2 is 1.75 bits per heavy atom. The summed E-state index contributed by atoms with van der Waals surface area (Å²) < 4.78 is 34.0. The van der Waals surface area contributed by atoms with E-state index in [1.807, 2.05) is 0 Å². The smallest absolute Gasteiger partial charge is 0.247 e. The second-order valence-corrected chi connectivity index (χ2v) is 5.16. The lowest BCUT2D eigenvalue weighted by atomic mass is 10.00. The maximum absolute atomic E-state index is 14.7. The summed E-state index contributed by atoms with van der Waals surface area (Å²) in [4.78, 5) is 13.6. The van der Waals surface area contributed by atoms with Crippen molar-refractivity contribution in [3.05, 3.63) is 93.9 Å². The number of hydrogen-bond acceptors (Lipinski definition) is 3. The molecule has 0 aliphatic carbocycles. The summed E-state index contributed by atoms with van der Waals surface area (Å²) >= 11 is 0. The van der Waals surface area contributed by atoms with Gasteiger partial charge in [0.25, 0.3) is 0 Å². The highest BCUT2D eigenvalue weighted by Gasteiger charge is 2.21. The number of benzene rings is 2. The van der Waals surface area contributed by atoms with E-state index in [2.05, 4.69) is 4.98 Å². The number of nitrogens with two attached hydrogens (primary N) is 1. The highest BCUT2D eigenvalue weighted by atomic mass is 19.1. The number of para-hydroxylation sites is 1. The molecule has 24 heavy (non-hydrogen) atoms. The number of pyridine rings is 1. The minimum absolute atomic E-state index is 0.0642. The third kappa shape index (κ3) is 3.18. The Hall–Kier alpha value is -2.99. The van der Waals surface area contributed by atoms with E-state index in [1.165, 1.54) is 24.4 Å². The molecule has 3 N–H and O–H groups in total. The molecule has 0 saturated heterocycles. The van der Waals surface area contributed by atoms with Crippen LogP contribution in [0.15, 0.2) is 65.6 Å². The third-order valence-electron chi connectivity index (χ3n) is 3.54. The molecule has 0 spiro atoms. The van der Waals surface area contributed by atoms with Crippen LogP contribution in [0.2, 0.25) is 0 Å². The van der Waals surface area contributed by atoms with E-state index >= 15 is 0 Å². The van der Waals surface area contributed by atoms with Gasteiger partial charge in [0.05, 0.1) is 6.04 Å². The molecule has 0 amide bonds. The predicted molar refractivity (Wildman–Crippen MR) is 86.0 cm³/mol. The molecule has 0 aliphatic heterocycles. The molecule has 4 nitrogen and oxygen atoms in total. The highest BCUT2D eigenvalue weighted by molar-refractivity contribution is 5.40. The van der Waals surface area contributed by atoms with Gasteiger partial charge in [-0.15, -0.1) is 0 Å². The van der Waals surface area contributed by atoms with Crippen LogP contribution < -0.4 is 16.0 Å². The first-order valence-corrected chi connectivity index (χ1v) is 7.21. The number of aromatic nitrogens is 1. The van der Waals surface area contributed by atoms with E-state index in [0.29, 0.717) is 11.3 Å². The van der Waals surface area contributed by atoms with Crippen molar-refractivity contribution < 1.29 is 13.5 Å². The van der Waals surface area contributed by atoms with Crippen LogP contribution in [0.25, 0.3) is 0 Å². The normalized spacial score (nSPS) is 12.0. The van der Waals surface area contributed by atoms with Gasteiger partial charge in [0.2, 0.25) is 5.56 Å². The molecule has 122 valence electrons. The maximum atomic E-state index is 14.7. The van der Waals surface area contributed by atoms with Gasteiger partial charge in [-0.05, 0) is 23.8 Å². The zero-order valence-electron chi connectivity index (χ0n) is 12.5. The number of H-pyrrole nitrogens is 1. The molecule has 2 aromatic carbocycles. The molecule has 1 heterocycles. The molecule has 6 heteroatoms. The standard InChI is InChI=1S/C18H14F2N2O2/c19-14-8-7-13(17(21)11-6-9-15(23)22-10-11)16(20)18(14)24-12-4-2-1-3-5-12/h1-10,17H,21H2,(H,22,23). The monoisotopic (exact) mass is 328 g/mol. The lowest BCUT2D eigenvalue weighted by Gasteiger charge is -2.16. The second kappa shape index (κ2) is 6.64. The third-order valence-corrected chi connectivity index (χ3v) is 3.54. The highest BCUT2D eigenvalue weighted by Crippen LogP contribution is 2.32. The lowest BCUT2D eigenvalue weighted by molar-refractivity contribution is 0.403. The molecular weight excluding hydrogens is 314 g/mol. The molecule has 0 bridgehead atoms. The quantitative estimate of drug-likeness (QED) is 0.770. The van der Waals surface area contributed by atoms with Crippen molar-refractivity contribution in [2.24, 2.45) is 5.73 Å². The Labute approximate surface area is 136 Å². The average molecular weight is 328 g/mol. The molecule has 3 aromatic rings. The van der Waals surface area contributed by atoms with Crippen molar-refractivity contribution in [2.75, 3.05) is 0 Å². The van der Waals surface area contributed by atoms with Gasteiger partial charge in [-0.1, -0.05) is 30.3 Å². The fraction of sp³-hybridized carbons (Fsp3) is 0.0556. The summed E-state index contributed by atoms with van der Waals surface area (Å²) in [5.74, 6) is -1.91. The van der Waals surface area contributed by atoms with Crippen molar-refractivity contribution in [3.8, 4) is 11.5 Å². The van der Waals surface area contributed by atoms with E-state index < -0.39 is 23.4 Å². The van der Waals surface area contributed by atoms with Crippen LogP contribution in [-0.2, 0) is 0 Å². The van der Waals surface area contributed by atoms with Gasteiger partial charge in [0.1, 0.15) is 5.75 Å². The molecule has 3 rings (SSSR count). The number of halogens is 2. The lowest BCUT2D eigenvalue weighted by Crippen LogP contribution is -2.16. The van der Waals surface area contributed by atoms with Crippen LogP contribution in [0.4, 0.5) is 8.78 Å². The molecule has 0 radical (unpaired) electrons. The minimum atomic E-state index is -0.877. The number of aromatic amines is 1. The Balaban J connectivity index is 1.99. The average Bonchev–Trinajstić information content (AvgIpc) is 2.60. The molecule has 0 fully saturated rings. The van der Waals surface area contributed by atoms with Crippen LogP contribution >= 0.6 is 0 Å². The first kappa shape index (κ1) is 15.9. The minimum Gasteiger partial charge on any atom is -0.451 e. The molecule has 0 saturated carbocycles. The topological polar surface area (TPSA) is 68.1 Å². The molecular formula is C18H14F2N2O2. The van der Waals surface area contributed by atoms with Crippen LogP contribution in [0.3, 0.4) is 0 Å². The molecule has 1 atom stereocenters. The summed E-state index contributed by atoms with van der Waals surface area (Å²) in [6, 6.07) is 12.6. The molecule has 1 aromatic heterocycles. The van der Waals surface area contributed by atoms with Gasteiger partial charge >= 0.3 is 0 Å². The second-order valence-electron chi connectivity index (χ2n) is 5.16. The van der Waals surface area contributed by atoms with Crippen LogP contribution in [0, 0.1) is 11.6 Å². The van der Waals surface area contributed by atoms with Gasteiger partial charge in [-0.2, -0.15) is 0 Å². The van der Waals surface area contributed by atoms with Crippen LogP contribution in [0.5, 0.6) is 11.5 Å². The largest absolute Gasteiger partial charge is 0.451 e. The Morgan fingerprint density at radius 3 is 2.42 bits per heavy atom. The van der Waals surface area contributed by atoms with Crippen molar-refractivity contribution >= 4 is 0 Å². The van der Waals surface area contributed by atoms with Crippen molar-refractivity contribution in [1.82, 2.24) is 4.98 Å². The predicted octanol–water partition coefficient (Wildman–Crippen LogP) is 3.49. The Bertz CT molecular complexity index is 890. The van der Waals surface area contributed by atoms with Gasteiger partial charge in [-0.3, -0.25) is 4.79 Å². The van der Waals surface area contributed by atoms with E-state index in [1.54, 1.807) is 30.3 Å². The van der Waals surface area contributed by atoms with E-state index in [4.69, 9.17) is 10.5 Å². The van der Waals surface area contributed by atoms with Crippen molar-refractivity contribution in [2.45, 2.75) is 6.04 Å². The van der Waals surface area contributed by atoms with Gasteiger partial charge in [0.15, 0.2) is 17.4 Å². The number of rotatable bonds is 4. The summed E-state index contributed by atoms with van der Waals surface area (Å²) in [6.45, 7) is 0. The van der Waals surface area contributed by atoms with Gasteiger partial charge < -0.3 is 15.5 Å². The fourth-order valence-corrected chi connectivity index (χ4v) is 2.28. The zero-order chi connectivity index (χ0) is 17.1. The summed E-state index contributed by atoms with van der Waals surface area (Å²) in [7, 11) is 0. The van der Waals surface area contributed by atoms with E-state index in [0.717, 1.165) is 6.07 Å². The van der Waals surface area contributed by atoms with E-state index in [9.17, 15) is 13.6 Å². The zero-order valence-corrected chi connectivity index (χ0v) is 12.5. The molecule has 1 unspecified atom stereocenters. The first-order valence-electron chi connectivity index (χ1n) is 7.21. The van der Waals surface area contributed by atoms with Crippen molar-refractivity contribution in [1.29, 1.82) is 0 Å². The number of hydrogen-bond donors (Lipinski definition) is 2. The summed E-state index contributed by atoms with van der Waals surface area (Å²) in [6.07, 6.45) is 1.40. The van der Waals surface area contributed by atoms with E-state index in [-0.39, 0.29) is 11.1 Å².